The lowest BCUT2D eigenvalue weighted by molar-refractivity contribution is 0.0303. The van der Waals surface area contributed by atoms with Gasteiger partial charge in [0.05, 0.1) is 37.0 Å². The molecule has 44 heavy (non-hydrogen) atoms. The SMILES string of the molecule is C[C@]1(c2ccc(F)c(Cl)c2F)CN(c2ccc(CO)cn2)C(=O)c2cnc(NC3CN(C(=O)N4C[C@@H]5C[C@H]4CO5)C3)c(F)c21. The molecule has 3 aromatic rings. The fraction of sp³-hybridized carbons (Fsp3) is 0.400. The topological polar surface area (TPSA) is 111 Å². The number of likely N-dealkylation sites (tertiary alicyclic amines) is 2. The van der Waals surface area contributed by atoms with Gasteiger partial charge in [-0.1, -0.05) is 23.7 Å². The normalized spacial score (nSPS) is 24.5. The molecule has 0 unspecified atom stereocenters. The first-order chi connectivity index (χ1) is 21.1. The summed E-state index contributed by atoms with van der Waals surface area (Å²) in [6.45, 7) is 2.79. The van der Waals surface area contributed by atoms with Crippen LogP contribution in [0.4, 0.5) is 29.6 Å². The van der Waals surface area contributed by atoms with E-state index in [9.17, 15) is 19.1 Å². The molecular weight excluding hydrogens is 601 g/mol. The van der Waals surface area contributed by atoms with Crippen molar-refractivity contribution in [3.63, 3.8) is 0 Å². The van der Waals surface area contributed by atoms with Gasteiger partial charge in [-0.25, -0.2) is 27.9 Å². The average molecular weight is 629 g/mol. The van der Waals surface area contributed by atoms with E-state index in [1.165, 1.54) is 29.4 Å². The van der Waals surface area contributed by atoms with Gasteiger partial charge in [-0.2, -0.15) is 0 Å². The Hall–Kier alpha value is -3.94. The number of hydrogen-bond donors (Lipinski definition) is 2. The smallest absolute Gasteiger partial charge is 0.320 e. The number of anilines is 2. The molecule has 2 aromatic heterocycles. The van der Waals surface area contributed by atoms with Crippen molar-refractivity contribution in [3.8, 4) is 0 Å². The maximum Gasteiger partial charge on any atom is 0.320 e. The predicted molar refractivity (Wildman–Crippen MR) is 153 cm³/mol. The molecule has 4 aliphatic heterocycles. The van der Waals surface area contributed by atoms with Crippen LogP contribution in [-0.4, -0.2) is 87.8 Å². The second kappa shape index (κ2) is 10.6. The largest absolute Gasteiger partial charge is 0.392 e. The van der Waals surface area contributed by atoms with E-state index in [1.807, 2.05) is 4.90 Å². The molecule has 3 fully saturated rings. The molecule has 230 valence electrons. The van der Waals surface area contributed by atoms with Gasteiger partial charge in [0.1, 0.15) is 22.5 Å². The van der Waals surface area contributed by atoms with E-state index in [2.05, 4.69) is 15.3 Å². The summed E-state index contributed by atoms with van der Waals surface area (Å²) >= 11 is 5.95. The van der Waals surface area contributed by atoms with Crippen molar-refractivity contribution in [1.29, 1.82) is 0 Å². The van der Waals surface area contributed by atoms with Crippen LogP contribution in [0.1, 0.15) is 40.4 Å². The number of rotatable bonds is 5. The number of hydrogen-bond acceptors (Lipinski definition) is 7. The van der Waals surface area contributed by atoms with Crippen molar-refractivity contribution < 1.29 is 32.6 Å². The first kappa shape index (κ1) is 28.8. The monoisotopic (exact) mass is 628 g/mol. The third kappa shape index (κ3) is 4.48. The molecule has 7 rings (SSSR count). The quantitative estimate of drug-likeness (QED) is 0.415. The maximum atomic E-state index is 16.5. The molecule has 14 heteroatoms. The minimum atomic E-state index is -1.55. The van der Waals surface area contributed by atoms with Gasteiger partial charge >= 0.3 is 6.03 Å². The summed E-state index contributed by atoms with van der Waals surface area (Å²) in [5, 5.41) is 11.7. The molecule has 0 aliphatic carbocycles. The molecule has 3 atom stereocenters. The molecule has 1 aromatic carbocycles. The maximum absolute atomic E-state index is 16.5. The van der Waals surface area contributed by atoms with Gasteiger partial charge in [0.2, 0.25) is 0 Å². The number of carbonyl (C=O) groups excluding carboxylic acids is 2. The number of nitrogens with one attached hydrogen (secondary N) is 1. The van der Waals surface area contributed by atoms with E-state index in [1.54, 1.807) is 17.9 Å². The lowest BCUT2D eigenvalue weighted by atomic mass is 9.71. The summed E-state index contributed by atoms with van der Waals surface area (Å²) in [6, 6.07) is 4.98. The molecule has 6 heterocycles. The summed E-state index contributed by atoms with van der Waals surface area (Å²) in [6.07, 6.45) is 3.54. The molecule has 10 nitrogen and oxygen atoms in total. The van der Waals surface area contributed by atoms with Gasteiger partial charge < -0.3 is 25.0 Å². The van der Waals surface area contributed by atoms with E-state index in [-0.39, 0.29) is 65.7 Å². The van der Waals surface area contributed by atoms with E-state index in [0.29, 0.717) is 31.8 Å². The lowest BCUT2D eigenvalue weighted by Crippen LogP contribution is -2.61. The van der Waals surface area contributed by atoms with Gasteiger partial charge in [-0.3, -0.25) is 9.69 Å². The van der Waals surface area contributed by atoms with Crippen LogP contribution in [0, 0.1) is 17.5 Å². The van der Waals surface area contributed by atoms with Crippen molar-refractivity contribution in [3.05, 3.63) is 81.4 Å². The molecule has 2 bridgehead atoms. The number of ether oxygens (including phenoxy) is 1. The summed E-state index contributed by atoms with van der Waals surface area (Å²) in [5.41, 5.74) is -1.39. The number of morpholine rings is 1. The van der Waals surface area contributed by atoms with Crippen LogP contribution < -0.4 is 10.2 Å². The van der Waals surface area contributed by atoms with Gasteiger partial charge in [-0.15, -0.1) is 0 Å². The van der Waals surface area contributed by atoms with E-state index < -0.39 is 33.8 Å². The first-order valence-electron chi connectivity index (χ1n) is 14.2. The third-order valence-electron chi connectivity index (χ3n) is 9.06. The highest BCUT2D eigenvalue weighted by molar-refractivity contribution is 6.31. The highest BCUT2D eigenvalue weighted by atomic mass is 35.5. The Balaban J connectivity index is 1.21. The van der Waals surface area contributed by atoms with Gasteiger partial charge in [0.25, 0.3) is 5.91 Å². The standard InChI is InChI=1S/C30H28ClF3N6O4/c1-30(20-3-4-21(32)24(31)25(20)33)14-40(22-5-2-15(12-41)7-35-22)28(42)19-8-36-27(26(34)23(19)30)37-16-9-38(10-16)29(43)39-11-18-6-17(39)13-44-18/h2-5,7-8,16-18,41H,6,9-14H2,1H3,(H,36,37)/t17-,18-,30+/m0/s1. The summed E-state index contributed by atoms with van der Waals surface area (Å²) < 4.78 is 51.9. The van der Waals surface area contributed by atoms with Gasteiger partial charge in [-0.05, 0) is 31.0 Å². The van der Waals surface area contributed by atoms with Crippen LogP contribution in [0.15, 0.2) is 36.7 Å². The zero-order valence-electron chi connectivity index (χ0n) is 23.6. The zero-order chi connectivity index (χ0) is 30.9. The van der Waals surface area contributed by atoms with Crippen molar-refractivity contribution in [2.75, 3.05) is 43.0 Å². The molecule has 0 radical (unpaired) electrons. The first-order valence-corrected chi connectivity index (χ1v) is 14.6. The average Bonchev–Trinajstić information content (AvgIpc) is 3.64. The molecule has 4 aliphatic rings. The Labute approximate surface area is 255 Å². The minimum absolute atomic E-state index is 0.0808. The van der Waals surface area contributed by atoms with Crippen LogP contribution in [-0.2, 0) is 16.8 Å². The van der Waals surface area contributed by atoms with Crippen molar-refractivity contribution in [1.82, 2.24) is 19.8 Å². The number of aliphatic hydroxyl groups excluding tert-OH is 1. The minimum Gasteiger partial charge on any atom is -0.392 e. The second-order valence-corrected chi connectivity index (χ2v) is 12.2. The van der Waals surface area contributed by atoms with Crippen molar-refractivity contribution in [2.24, 2.45) is 0 Å². The Bertz CT molecular complexity index is 1670. The number of amides is 3. The molecule has 0 saturated carbocycles. The summed E-state index contributed by atoms with van der Waals surface area (Å²) in [4.78, 5) is 39.9. The van der Waals surface area contributed by atoms with Crippen LogP contribution in [0.2, 0.25) is 5.02 Å². The number of pyridine rings is 2. The number of aromatic nitrogens is 2. The number of aliphatic hydroxyl groups is 1. The van der Waals surface area contributed by atoms with Crippen LogP contribution >= 0.6 is 11.6 Å². The highest BCUT2D eigenvalue weighted by Gasteiger charge is 2.48. The van der Waals surface area contributed by atoms with E-state index >= 15 is 8.78 Å². The Morgan fingerprint density at radius 1 is 1.14 bits per heavy atom. The fourth-order valence-electron chi connectivity index (χ4n) is 6.66. The molecule has 3 saturated heterocycles. The van der Waals surface area contributed by atoms with E-state index in [0.717, 1.165) is 12.5 Å². The number of urea groups is 1. The van der Waals surface area contributed by atoms with Gasteiger partial charge in [0, 0.05) is 55.1 Å². The van der Waals surface area contributed by atoms with Crippen LogP contribution in [0.25, 0.3) is 0 Å². The van der Waals surface area contributed by atoms with Gasteiger partial charge in [0.15, 0.2) is 11.6 Å². The third-order valence-corrected chi connectivity index (χ3v) is 9.40. The molecule has 2 N–H and O–H groups in total. The number of benzene rings is 1. The Morgan fingerprint density at radius 3 is 2.59 bits per heavy atom. The summed E-state index contributed by atoms with van der Waals surface area (Å²) in [7, 11) is 0. The van der Waals surface area contributed by atoms with Crippen LogP contribution in [0.5, 0.6) is 0 Å². The number of nitrogens with zero attached hydrogens (tertiary/aromatic N) is 5. The molecular formula is C30H28ClF3N6O4. The van der Waals surface area contributed by atoms with Crippen molar-refractivity contribution >= 4 is 35.2 Å². The van der Waals surface area contributed by atoms with Crippen LogP contribution in [0.3, 0.4) is 0 Å². The lowest BCUT2D eigenvalue weighted by Gasteiger charge is -2.44. The predicted octanol–water partition coefficient (Wildman–Crippen LogP) is 3.70. The second-order valence-electron chi connectivity index (χ2n) is 11.9. The fourth-order valence-corrected chi connectivity index (χ4v) is 6.83. The number of carbonyl (C=O) groups is 2. The number of fused-ring (bicyclic) bond motifs is 3. The Kier molecular flexibility index (Phi) is 6.94. The Morgan fingerprint density at radius 2 is 1.93 bits per heavy atom. The number of halogens is 4. The summed E-state index contributed by atoms with van der Waals surface area (Å²) in [5.74, 6) is -3.48. The van der Waals surface area contributed by atoms with E-state index in [4.69, 9.17) is 16.3 Å². The van der Waals surface area contributed by atoms with Crippen molar-refractivity contribution in [2.45, 2.75) is 43.6 Å². The molecule has 0 spiro atoms. The zero-order valence-corrected chi connectivity index (χ0v) is 24.3. The molecule has 3 amide bonds. The highest BCUT2D eigenvalue weighted by Crippen LogP contribution is 2.45.